The number of hydrogen-bond donors (Lipinski definition) is 2. The highest BCUT2D eigenvalue weighted by Gasteiger charge is 2.22. The van der Waals surface area contributed by atoms with Crippen LogP contribution < -0.4 is 4.74 Å². The van der Waals surface area contributed by atoms with Crippen LogP contribution in [0.5, 0.6) is 5.75 Å². The summed E-state index contributed by atoms with van der Waals surface area (Å²) in [6.45, 7) is 7.89. The van der Waals surface area contributed by atoms with E-state index in [9.17, 15) is 5.11 Å². The second-order valence-corrected chi connectivity index (χ2v) is 6.80. The van der Waals surface area contributed by atoms with Crippen molar-refractivity contribution in [3.05, 3.63) is 30.5 Å². The lowest BCUT2D eigenvalue weighted by Gasteiger charge is -2.38. The summed E-state index contributed by atoms with van der Waals surface area (Å²) in [5.41, 5.74) is 1.05. The molecule has 6 nitrogen and oxygen atoms in total. The van der Waals surface area contributed by atoms with Gasteiger partial charge in [-0.25, -0.2) is 0 Å². The van der Waals surface area contributed by atoms with Gasteiger partial charge in [-0.2, -0.15) is 0 Å². The van der Waals surface area contributed by atoms with E-state index in [2.05, 4.69) is 21.7 Å². The summed E-state index contributed by atoms with van der Waals surface area (Å²) in [4.78, 5) is 7.92. The fourth-order valence-electron chi connectivity index (χ4n) is 3.45. The van der Waals surface area contributed by atoms with E-state index in [-0.39, 0.29) is 0 Å². The van der Waals surface area contributed by atoms with Crippen LogP contribution in [-0.2, 0) is 4.74 Å². The Kier molecular flexibility index (Phi) is 6.31. The molecule has 6 heteroatoms. The molecule has 0 spiro atoms. The Morgan fingerprint density at radius 2 is 1.96 bits per heavy atom. The second-order valence-electron chi connectivity index (χ2n) is 6.80. The Balaban J connectivity index is 1.43. The molecule has 0 radical (unpaired) electrons. The number of aliphatic hydroxyl groups excluding tert-OH is 1. The number of hydrogen-bond acceptors (Lipinski definition) is 5. The number of rotatable bonds is 8. The fraction of sp³-hybridized carbons (Fsp3) is 0.579. The fourth-order valence-corrected chi connectivity index (χ4v) is 3.45. The molecule has 1 fully saturated rings. The smallest absolute Gasteiger partial charge is 0.128 e. The van der Waals surface area contributed by atoms with Crippen molar-refractivity contribution in [3.8, 4) is 5.75 Å². The largest absolute Gasteiger partial charge is 0.490 e. The molecule has 1 aliphatic heterocycles. The standard InChI is InChI=1S/C19H29N3O3/c1-15(13-24-2)22-10-8-21(9-11-22)12-16(23)14-25-19-5-3-4-18-17(19)6-7-20-18/h3-7,15-16,20,23H,8-14H2,1-2H3. The van der Waals surface area contributed by atoms with Crippen LogP contribution in [0.2, 0.25) is 0 Å². The van der Waals surface area contributed by atoms with Gasteiger partial charge in [0, 0.05) is 63.0 Å². The minimum Gasteiger partial charge on any atom is -0.490 e. The highest BCUT2D eigenvalue weighted by molar-refractivity contribution is 5.85. The van der Waals surface area contributed by atoms with E-state index in [1.165, 1.54) is 0 Å². The van der Waals surface area contributed by atoms with E-state index < -0.39 is 6.10 Å². The van der Waals surface area contributed by atoms with Gasteiger partial charge in [0.15, 0.2) is 0 Å². The predicted molar refractivity (Wildman–Crippen MR) is 99.2 cm³/mol. The van der Waals surface area contributed by atoms with Gasteiger partial charge < -0.3 is 19.6 Å². The van der Waals surface area contributed by atoms with Crippen molar-refractivity contribution < 1.29 is 14.6 Å². The SMILES string of the molecule is COCC(C)N1CCN(CC(O)COc2cccc3[nH]ccc23)CC1. The summed E-state index contributed by atoms with van der Waals surface area (Å²) in [5, 5.41) is 11.4. The van der Waals surface area contributed by atoms with Gasteiger partial charge in [-0.15, -0.1) is 0 Å². The zero-order valence-corrected chi connectivity index (χ0v) is 15.1. The average Bonchev–Trinajstić information content (AvgIpc) is 3.10. The van der Waals surface area contributed by atoms with Crippen molar-refractivity contribution in [2.24, 2.45) is 0 Å². The number of nitrogens with zero attached hydrogens (tertiary/aromatic N) is 2. The van der Waals surface area contributed by atoms with E-state index in [0.717, 1.165) is 49.4 Å². The topological polar surface area (TPSA) is 61.0 Å². The van der Waals surface area contributed by atoms with E-state index >= 15 is 0 Å². The molecule has 1 aliphatic rings. The number of aliphatic hydroxyl groups is 1. The lowest BCUT2D eigenvalue weighted by Crippen LogP contribution is -2.52. The molecule has 2 atom stereocenters. The second kappa shape index (κ2) is 8.67. The lowest BCUT2D eigenvalue weighted by atomic mass is 10.2. The Morgan fingerprint density at radius 1 is 1.16 bits per heavy atom. The summed E-state index contributed by atoms with van der Waals surface area (Å²) >= 11 is 0. The number of piperazine rings is 1. The van der Waals surface area contributed by atoms with Gasteiger partial charge in [-0.1, -0.05) is 6.07 Å². The number of fused-ring (bicyclic) bond motifs is 1. The summed E-state index contributed by atoms with van der Waals surface area (Å²) in [5.74, 6) is 0.816. The van der Waals surface area contributed by atoms with Crippen LogP contribution in [0.3, 0.4) is 0 Å². The molecule has 0 saturated carbocycles. The van der Waals surface area contributed by atoms with Crippen LogP contribution in [0.25, 0.3) is 10.9 Å². The molecular weight excluding hydrogens is 318 g/mol. The van der Waals surface area contributed by atoms with Crippen molar-refractivity contribution in [2.45, 2.75) is 19.1 Å². The molecular formula is C19H29N3O3. The third kappa shape index (κ3) is 4.73. The molecule has 1 aromatic heterocycles. The first-order chi connectivity index (χ1) is 12.2. The molecule has 0 aliphatic carbocycles. The van der Waals surface area contributed by atoms with Crippen molar-refractivity contribution >= 4 is 10.9 Å². The molecule has 0 bridgehead atoms. The first-order valence-corrected chi connectivity index (χ1v) is 8.99. The number of benzene rings is 1. The highest BCUT2D eigenvalue weighted by Crippen LogP contribution is 2.24. The maximum absolute atomic E-state index is 10.3. The molecule has 1 aromatic carbocycles. The molecule has 0 amide bonds. The quantitative estimate of drug-likeness (QED) is 0.759. The predicted octanol–water partition coefficient (Wildman–Crippen LogP) is 1.56. The van der Waals surface area contributed by atoms with Gasteiger partial charge in [0.25, 0.3) is 0 Å². The maximum Gasteiger partial charge on any atom is 0.128 e. The molecule has 138 valence electrons. The summed E-state index contributed by atoms with van der Waals surface area (Å²) in [6.07, 6.45) is 1.41. The van der Waals surface area contributed by atoms with E-state index in [0.29, 0.717) is 19.2 Å². The third-order valence-corrected chi connectivity index (χ3v) is 4.89. The van der Waals surface area contributed by atoms with E-state index in [1.807, 2.05) is 30.5 Å². The molecule has 3 rings (SSSR count). The maximum atomic E-state index is 10.3. The van der Waals surface area contributed by atoms with Gasteiger partial charge >= 0.3 is 0 Å². The first-order valence-electron chi connectivity index (χ1n) is 8.99. The zero-order chi connectivity index (χ0) is 17.6. The van der Waals surface area contributed by atoms with Gasteiger partial charge in [0.05, 0.1) is 6.61 Å². The van der Waals surface area contributed by atoms with E-state index in [4.69, 9.17) is 9.47 Å². The normalized spacial score (nSPS) is 19.2. The summed E-state index contributed by atoms with van der Waals surface area (Å²) in [7, 11) is 1.75. The minimum absolute atomic E-state index is 0.310. The Labute approximate surface area is 149 Å². The van der Waals surface area contributed by atoms with E-state index in [1.54, 1.807) is 7.11 Å². The Hall–Kier alpha value is -1.60. The van der Waals surface area contributed by atoms with Gasteiger partial charge in [0.2, 0.25) is 0 Å². The Morgan fingerprint density at radius 3 is 2.72 bits per heavy atom. The molecule has 2 aromatic rings. The van der Waals surface area contributed by atoms with Crippen molar-refractivity contribution in [2.75, 3.05) is 53.0 Å². The van der Waals surface area contributed by atoms with Gasteiger partial charge in [-0.3, -0.25) is 9.80 Å². The van der Waals surface area contributed by atoms with Gasteiger partial charge in [-0.05, 0) is 25.1 Å². The number of aromatic amines is 1. The molecule has 2 heterocycles. The number of aromatic nitrogens is 1. The van der Waals surface area contributed by atoms with Crippen LogP contribution >= 0.6 is 0 Å². The Bertz CT molecular complexity index is 652. The molecule has 1 saturated heterocycles. The van der Waals surface area contributed by atoms with Crippen LogP contribution in [0.4, 0.5) is 0 Å². The van der Waals surface area contributed by atoms with Crippen molar-refractivity contribution in [1.82, 2.24) is 14.8 Å². The number of H-pyrrole nitrogens is 1. The number of methoxy groups -OCH3 is 1. The number of β-amino-alcohol motifs (C(OH)–C–C–N with tert-alkyl or cyclic N) is 1. The van der Waals surface area contributed by atoms with Crippen LogP contribution in [-0.4, -0.2) is 85.1 Å². The third-order valence-electron chi connectivity index (χ3n) is 4.89. The molecule has 25 heavy (non-hydrogen) atoms. The van der Waals surface area contributed by atoms with Gasteiger partial charge in [0.1, 0.15) is 18.5 Å². The van der Waals surface area contributed by atoms with Crippen molar-refractivity contribution in [1.29, 1.82) is 0 Å². The summed E-state index contributed by atoms with van der Waals surface area (Å²) in [6, 6.07) is 8.36. The average molecular weight is 347 g/mol. The minimum atomic E-state index is -0.489. The molecule has 2 unspecified atom stereocenters. The first kappa shape index (κ1) is 18.2. The summed E-state index contributed by atoms with van der Waals surface area (Å²) < 4.78 is 11.1. The van der Waals surface area contributed by atoms with Crippen LogP contribution in [0, 0.1) is 0 Å². The number of ether oxygens (including phenoxy) is 2. The lowest BCUT2D eigenvalue weighted by molar-refractivity contribution is 0.0252. The molecule has 2 N–H and O–H groups in total. The number of nitrogens with one attached hydrogen (secondary N) is 1. The monoisotopic (exact) mass is 347 g/mol. The van der Waals surface area contributed by atoms with Crippen LogP contribution in [0.1, 0.15) is 6.92 Å². The zero-order valence-electron chi connectivity index (χ0n) is 15.1. The van der Waals surface area contributed by atoms with Crippen LogP contribution in [0.15, 0.2) is 30.5 Å². The highest BCUT2D eigenvalue weighted by atomic mass is 16.5. The van der Waals surface area contributed by atoms with Crippen molar-refractivity contribution in [3.63, 3.8) is 0 Å².